The monoisotopic (exact) mass is 265 g/mol. The summed E-state index contributed by atoms with van der Waals surface area (Å²) in [7, 11) is 0. The van der Waals surface area contributed by atoms with Gasteiger partial charge >= 0.3 is 5.97 Å². The van der Waals surface area contributed by atoms with Crippen LogP contribution in [0.2, 0.25) is 0 Å². The molecule has 1 saturated carbocycles. The third-order valence-corrected chi connectivity index (χ3v) is 5.21. The third-order valence-electron chi connectivity index (χ3n) is 3.79. The van der Waals surface area contributed by atoms with Crippen LogP contribution in [0.15, 0.2) is 18.2 Å². The van der Waals surface area contributed by atoms with E-state index >= 15 is 0 Å². The molecule has 0 amide bonds. The van der Waals surface area contributed by atoms with E-state index in [9.17, 15) is 9.90 Å². The van der Waals surface area contributed by atoms with Gasteiger partial charge in [-0.3, -0.25) is 0 Å². The van der Waals surface area contributed by atoms with Gasteiger partial charge in [-0.05, 0) is 37.7 Å². The Hall–Kier alpha value is -1.16. The van der Waals surface area contributed by atoms with Gasteiger partial charge in [0.2, 0.25) is 0 Å². The molecule has 1 fully saturated rings. The molecule has 0 bridgehead atoms. The van der Waals surface area contributed by atoms with Gasteiger partial charge in [0, 0.05) is 11.3 Å². The molecule has 2 N–H and O–H groups in total. The number of nitrogens with one attached hydrogen (secondary N) is 1. The van der Waals surface area contributed by atoms with E-state index in [4.69, 9.17) is 0 Å². The van der Waals surface area contributed by atoms with Crippen molar-refractivity contribution in [1.29, 1.82) is 0 Å². The minimum absolute atomic E-state index is 0.304. The van der Waals surface area contributed by atoms with Crippen LogP contribution in [0.25, 0.3) is 0 Å². The van der Waals surface area contributed by atoms with E-state index in [-0.39, 0.29) is 0 Å². The number of rotatable bonds is 5. The summed E-state index contributed by atoms with van der Waals surface area (Å²) in [4.78, 5) is 11.2. The lowest BCUT2D eigenvalue weighted by molar-refractivity contribution is 0.0698. The second-order valence-electron chi connectivity index (χ2n) is 4.90. The number of benzene rings is 1. The van der Waals surface area contributed by atoms with Crippen molar-refractivity contribution in [2.45, 2.75) is 30.9 Å². The number of carboxylic acid groups (broad SMARTS) is 1. The fourth-order valence-corrected chi connectivity index (χ4v) is 3.27. The van der Waals surface area contributed by atoms with Crippen molar-refractivity contribution >= 4 is 23.4 Å². The first-order valence-corrected chi connectivity index (χ1v) is 7.42. The van der Waals surface area contributed by atoms with Gasteiger partial charge in [-0.2, -0.15) is 11.8 Å². The molecule has 0 aromatic heterocycles. The van der Waals surface area contributed by atoms with Crippen LogP contribution in [0.3, 0.4) is 0 Å². The standard InChI is InChI=1S/C14H19NO2S/c1-10-5-3-6-11(13(16)17)12(10)15-9-14(18-2)7-4-8-14/h3,5-6,15H,4,7-9H2,1-2H3,(H,16,17). The highest BCUT2D eigenvalue weighted by atomic mass is 32.2. The molecule has 2 rings (SSSR count). The van der Waals surface area contributed by atoms with Crippen molar-refractivity contribution < 1.29 is 9.90 Å². The topological polar surface area (TPSA) is 49.3 Å². The second-order valence-corrected chi connectivity index (χ2v) is 6.17. The predicted molar refractivity (Wildman–Crippen MR) is 76.7 cm³/mol. The minimum atomic E-state index is -0.868. The number of carbonyl (C=O) groups is 1. The van der Waals surface area contributed by atoms with Crippen LogP contribution in [0.1, 0.15) is 35.2 Å². The highest BCUT2D eigenvalue weighted by Crippen LogP contribution is 2.43. The normalized spacial score (nSPS) is 17.0. The predicted octanol–water partition coefficient (Wildman–Crippen LogP) is 3.39. The molecule has 0 heterocycles. The van der Waals surface area contributed by atoms with Crippen LogP contribution in [-0.2, 0) is 0 Å². The van der Waals surface area contributed by atoms with E-state index in [0.717, 1.165) is 17.8 Å². The molecule has 0 spiro atoms. The summed E-state index contributed by atoms with van der Waals surface area (Å²) in [5, 5.41) is 12.6. The van der Waals surface area contributed by atoms with Gasteiger partial charge in [0.25, 0.3) is 0 Å². The molecule has 0 atom stereocenters. The fourth-order valence-electron chi connectivity index (χ4n) is 2.35. The largest absolute Gasteiger partial charge is 0.478 e. The molecule has 0 saturated heterocycles. The smallest absolute Gasteiger partial charge is 0.337 e. The summed E-state index contributed by atoms with van der Waals surface area (Å²) in [6.45, 7) is 2.79. The van der Waals surface area contributed by atoms with E-state index in [1.54, 1.807) is 12.1 Å². The van der Waals surface area contributed by atoms with Crippen LogP contribution < -0.4 is 5.32 Å². The first-order chi connectivity index (χ1) is 8.58. The molecule has 98 valence electrons. The average Bonchev–Trinajstić information content (AvgIpc) is 2.29. The molecule has 3 nitrogen and oxygen atoms in total. The van der Waals surface area contributed by atoms with E-state index in [0.29, 0.717) is 10.3 Å². The Balaban J connectivity index is 2.15. The SMILES string of the molecule is CSC1(CNc2c(C)cccc2C(=O)O)CCC1. The Labute approximate surface area is 112 Å². The summed E-state index contributed by atoms with van der Waals surface area (Å²) in [6.07, 6.45) is 5.85. The van der Waals surface area contributed by atoms with Gasteiger partial charge in [0.1, 0.15) is 0 Å². The number of aromatic carboxylic acids is 1. The zero-order valence-electron chi connectivity index (χ0n) is 10.8. The number of carboxylic acids is 1. The van der Waals surface area contributed by atoms with Crippen molar-refractivity contribution in [1.82, 2.24) is 0 Å². The zero-order valence-corrected chi connectivity index (χ0v) is 11.6. The molecule has 1 aliphatic rings. The van der Waals surface area contributed by atoms with Crippen molar-refractivity contribution in [2.24, 2.45) is 0 Å². The Morgan fingerprint density at radius 1 is 1.50 bits per heavy atom. The van der Waals surface area contributed by atoms with E-state index in [1.807, 2.05) is 24.8 Å². The molecule has 0 unspecified atom stereocenters. The van der Waals surface area contributed by atoms with E-state index < -0.39 is 5.97 Å². The third kappa shape index (κ3) is 2.48. The van der Waals surface area contributed by atoms with Crippen LogP contribution in [0, 0.1) is 6.92 Å². The molecular formula is C14H19NO2S. The van der Waals surface area contributed by atoms with Crippen LogP contribution in [0.4, 0.5) is 5.69 Å². The summed E-state index contributed by atoms with van der Waals surface area (Å²) in [5.74, 6) is -0.868. The molecule has 0 radical (unpaired) electrons. The van der Waals surface area contributed by atoms with Gasteiger partial charge in [-0.25, -0.2) is 4.79 Å². The zero-order chi connectivity index (χ0) is 13.2. The number of hydrogen-bond acceptors (Lipinski definition) is 3. The molecule has 1 aromatic rings. The minimum Gasteiger partial charge on any atom is -0.478 e. The lowest BCUT2D eigenvalue weighted by Crippen LogP contribution is -2.40. The van der Waals surface area contributed by atoms with Crippen molar-refractivity contribution in [2.75, 3.05) is 18.1 Å². The molecule has 1 aliphatic carbocycles. The average molecular weight is 265 g/mol. The molecule has 18 heavy (non-hydrogen) atoms. The first kappa shape index (κ1) is 13.3. The van der Waals surface area contributed by atoms with Crippen molar-refractivity contribution in [3.05, 3.63) is 29.3 Å². The molecule has 1 aromatic carbocycles. The maximum absolute atomic E-state index is 11.2. The van der Waals surface area contributed by atoms with Gasteiger partial charge in [0.15, 0.2) is 0 Å². The number of aryl methyl sites for hydroxylation is 1. The number of para-hydroxylation sites is 1. The Bertz CT molecular complexity index is 450. The highest BCUT2D eigenvalue weighted by molar-refractivity contribution is 8.00. The highest BCUT2D eigenvalue weighted by Gasteiger charge is 2.36. The molecule has 0 aliphatic heterocycles. The van der Waals surface area contributed by atoms with E-state index in [2.05, 4.69) is 11.6 Å². The van der Waals surface area contributed by atoms with Crippen molar-refractivity contribution in [3.8, 4) is 0 Å². The fraction of sp³-hybridized carbons (Fsp3) is 0.500. The van der Waals surface area contributed by atoms with Crippen LogP contribution >= 0.6 is 11.8 Å². The second kappa shape index (κ2) is 5.22. The number of thioether (sulfide) groups is 1. The van der Waals surface area contributed by atoms with Crippen LogP contribution in [0.5, 0.6) is 0 Å². The molecular weight excluding hydrogens is 246 g/mol. The first-order valence-electron chi connectivity index (χ1n) is 6.20. The summed E-state index contributed by atoms with van der Waals surface area (Å²) in [5.41, 5.74) is 2.13. The summed E-state index contributed by atoms with van der Waals surface area (Å²) in [6, 6.07) is 5.39. The molecule has 4 heteroatoms. The van der Waals surface area contributed by atoms with E-state index in [1.165, 1.54) is 19.3 Å². The summed E-state index contributed by atoms with van der Waals surface area (Å²) < 4.78 is 0.304. The number of hydrogen-bond donors (Lipinski definition) is 2. The lowest BCUT2D eigenvalue weighted by atomic mass is 9.84. The maximum Gasteiger partial charge on any atom is 0.337 e. The Morgan fingerprint density at radius 3 is 2.72 bits per heavy atom. The number of anilines is 1. The van der Waals surface area contributed by atoms with Gasteiger partial charge < -0.3 is 10.4 Å². The van der Waals surface area contributed by atoms with Gasteiger partial charge in [-0.15, -0.1) is 0 Å². The van der Waals surface area contributed by atoms with Crippen LogP contribution in [-0.4, -0.2) is 28.6 Å². The Kier molecular flexibility index (Phi) is 3.85. The van der Waals surface area contributed by atoms with Gasteiger partial charge in [-0.1, -0.05) is 18.6 Å². The summed E-state index contributed by atoms with van der Waals surface area (Å²) >= 11 is 1.89. The Morgan fingerprint density at radius 2 is 2.22 bits per heavy atom. The van der Waals surface area contributed by atoms with Gasteiger partial charge in [0.05, 0.1) is 11.3 Å². The quantitative estimate of drug-likeness (QED) is 0.856. The maximum atomic E-state index is 11.2. The lowest BCUT2D eigenvalue weighted by Gasteiger charge is -2.41. The van der Waals surface area contributed by atoms with Crippen molar-refractivity contribution in [3.63, 3.8) is 0 Å².